The monoisotopic (exact) mass is 473 g/mol. The number of unbranched alkanes of at least 4 members (excludes halogenated alkanes) is 1. The van der Waals surface area contributed by atoms with Gasteiger partial charge in [-0.25, -0.2) is 6.57 Å². The van der Waals surface area contributed by atoms with Crippen LogP contribution >= 0.6 is 0 Å². The predicted molar refractivity (Wildman–Crippen MR) is 147 cm³/mol. The Balaban J connectivity index is 1.82. The van der Waals surface area contributed by atoms with Gasteiger partial charge in [-0.1, -0.05) is 75.6 Å². The molecule has 1 aliphatic rings. The van der Waals surface area contributed by atoms with Crippen molar-refractivity contribution in [3.05, 3.63) is 81.7 Å². The van der Waals surface area contributed by atoms with E-state index < -0.39 is 5.60 Å². The van der Waals surface area contributed by atoms with Gasteiger partial charge in [-0.05, 0) is 79.8 Å². The third kappa shape index (κ3) is 6.56. The van der Waals surface area contributed by atoms with Gasteiger partial charge in [0.25, 0.3) is 0 Å². The fourth-order valence-electron chi connectivity index (χ4n) is 5.55. The normalized spacial score (nSPS) is 15.8. The van der Waals surface area contributed by atoms with Crippen molar-refractivity contribution in [1.29, 1.82) is 0 Å². The second kappa shape index (κ2) is 12.4. The molecule has 188 valence electrons. The average Bonchev–Trinajstić information content (AvgIpc) is 2.86. The van der Waals surface area contributed by atoms with Crippen molar-refractivity contribution in [3.63, 3.8) is 0 Å². The lowest BCUT2D eigenvalue weighted by Gasteiger charge is -2.34. The third-order valence-corrected chi connectivity index (χ3v) is 7.97. The first kappa shape index (κ1) is 27.0. The van der Waals surface area contributed by atoms with E-state index in [-0.39, 0.29) is 5.41 Å². The van der Waals surface area contributed by atoms with E-state index in [0.29, 0.717) is 13.2 Å². The van der Waals surface area contributed by atoms with Crippen LogP contribution < -0.4 is 4.74 Å². The molecule has 3 rings (SSSR count). The van der Waals surface area contributed by atoms with Gasteiger partial charge in [-0.3, -0.25) is 0 Å². The standard InChI is InChI=1S/C32H43NO2/c1-6-32(7-2,29-15-16-30(26(4)24-29)35-22-12-11-21-33-5)28-14-13-27(25(3)23-28)17-20-31(34)18-9-8-10-19-31/h13-17,20,23-24,34H,6-12,18-19,21-22H2,1-4H3. The van der Waals surface area contributed by atoms with Gasteiger partial charge in [-0.15, -0.1) is 0 Å². The minimum atomic E-state index is -0.641. The highest BCUT2D eigenvalue weighted by molar-refractivity contribution is 5.57. The second-order valence-corrected chi connectivity index (χ2v) is 10.3. The van der Waals surface area contributed by atoms with E-state index in [4.69, 9.17) is 11.3 Å². The lowest BCUT2D eigenvalue weighted by Crippen LogP contribution is -2.28. The van der Waals surface area contributed by atoms with Crippen LogP contribution in [-0.4, -0.2) is 23.9 Å². The molecule has 0 aliphatic heterocycles. The number of rotatable bonds is 11. The maximum absolute atomic E-state index is 10.9. The SMILES string of the molecule is [C-]#[N+]CCCCOc1ccc(C(CC)(CC)c2ccc(C=CC3(O)CCCCC3)c(C)c2)cc1C. The van der Waals surface area contributed by atoms with Gasteiger partial charge < -0.3 is 14.7 Å². The largest absolute Gasteiger partial charge is 0.493 e. The Kier molecular flexibility index (Phi) is 9.58. The van der Waals surface area contributed by atoms with E-state index in [1.165, 1.54) is 28.7 Å². The van der Waals surface area contributed by atoms with Crippen LogP contribution in [0.15, 0.2) is 42.5 Å². The summed E-state index contributed by atoms with van der Waals surface area (Å²) in [5, 5.41) is 10.9. The van der Waals surface area contributed by atoms with Gasteiger partial charge in [0.2, 0.25) is 6.54 Å². The fraction of sp³-hybridized carbons (Fsp3) is 0.531. The first-order chi connectivity index (χ1) is 16.9. The quantitative estimate of drug-likeness (QED) is 0.264. The topological polar surface area (TPSA) is 33.8 Å². The summed E-state index contributed by atoms with van der Waals surface area (Å²) in [6.45, 7) is 17.0. The Labute approximate surface area is 213 Å². The molecule has 0 heterocycles. The molecule has 0 atom stereocenters. The molecule has 1 fully saturated rings. The zero-order chi connectivity index (χ0) is 25.3. The summed E-state index contributed by atoms with van der Waals surface area (Å²) >= 11 is 0. The minimum absolute atomic E-state index is 0.0481. The molecule has 0 aromatic heterocycles. The number of aliphatic hydroxyl groups is 1. The lowest BCUT2D eigenvalue weighted by molar-refractivity contribution is 0.0521. The average molecular weight is 474 g/mol. The molecule has 0 unspecified atom stereocenters. The lowest BCUT2D eigenvalue weighted by atomic mass is 9.70. The molecule has 0 saturated heterocycles. The summed E-state index contributed by atoms with van der Waals surface area (Å²) in [4.78, 5) is 3.41. The van der Waals surface area contributed by atoms with Crippen LogP contribution in [0.1, 0.15) is 99.5 Å². The number of aryl methyl sites for hydroxylation is 2. The van der Waals surface area contributed by atoms with E-state index in [2.05, 4.69) is 75.0 Å². The van der Waals surface area contributed by atoms with E-state index in [1.54, 1.807) is 0 Å². The first-order valence-corrected chi connectivity index (χ1v) is 13.5. The molecule has 2 aromatic carbocycles. The molecule has 1 N–H and O–H groups in total. The third-order valence-electron chi connectivity index (χ3n) is 7.97. The summed E-state index contributed by atoms with van der Waals surface area (Å²) in [5.74, 6) is 0.940. The van der Waals surface area contributed by atoms with Crippen molar-refractivity contribution in [3.8, 4) is 5.75 Å². The van der Waals surface area contributed by atoms with Crippen molar-refractivity contribution >= 4 is 6.08 Å². The molecule has 0 radical (unpaired) electrons. The van der Waals surface area contributed by atoms with Crippen LogP contribution in [-0.2, 0) is 5.41 Å². The van der Waals surface area contributed by atoms with Gasteiger partial charge in [0.05, 0.1) is 12.2 Å². The Morgan fingerprint density at radius 2 is 1.63 bits per heavy atom. The maximum atomic E-state index is 10.9. The van der Waals surface area contributed by atoms with E-state index in [9.17, 15) is 5.11 Å². The summed E-state index contributed by atoms with van der Waals surface area (Å²) in [6, 6.07) is 13.5. The van der Waals surface area contributed by atoms with Crippen molar-refractivity contribution in [2.24, 2.45) is 0 Å². The number of hydrogen-bond donors (Lipinski definition) is 1. The fourth-order valence-corrected chi connectivity index (χ4v) is 5.55. The van der Waals surface area contributed by atoms with Crippen LogP contribution in [0.4, 0.5) is 0 Å². The van der Waals surface area contributed by atoms with Crippen LogP contribution in [0, 0.1) is 20.4 Å². The molecular weight excluding hydrogens is 430 g/mol. The van der Waals surface area contributed by atoms with Crippen LogP contribution in [0.3, 0.4) is 0 Å². The molecule has 1 aliphatic carbocycles. The van der Waals surface area contributed by atoms with Crippen LogP contribution in [0.2, 0.25) is 0 Å². The minimum Gasteiger partial charge on any atom is -0.493 e. The Bertz CT molecular complexity index is 1040. The highest BCUT2D eigenvalue weighted by atomic mass is 16.5. The van der Waals surface area contributed by atoms with E-state index >= 15 is 0 Å². The maximum Gasteiger partial charge on any atom is 0.214 e. The molecular formula is C32H43NO2. The summed E-state index contributed by atoms with van der Waals surface area (Å²) in [6.07, 6.45) is 13.2. The molecule has 0 bridgehead atoms. The summed E-state index contributed by atoms with van der Waals surface area (Å²) < 4.78 is 6.01. The molecule has 2 aromatic rings. The Hall–Kier alpha value is -2.57. The second-order valence-electron chi connectivity index (χ2n) is 10.3. The van der Waals surface area contributed by atoms with Crippen molar-refractivity contribution < 1.29 is 9.84 Å². The van der Waals surface area contributed by atoms with Gasteiger partial charge >= 0.3 is 0 Å². The molecule has 3 nitrogen and oxygen atoms in total. The number of benzene rings is 2. The first-order valence-electron chi connectivity index (χ1n) is 13.5. The van der Waals surface area contributed by atoms with Gasteiger partial charge in [-0.2, -0.15) is 0 Å². The van der Waals surface area contributed by atoms with Crippen LogP contribution in [0.25, 0.3) is 10.9 Å². The summed E-state index contributed by atoms with van der Waals surface area (Å²) in [5.41, 5.74) is 5.59. The smallest absolute Gasteiger partial charge is 0.214 e. The van der Waals surface area contributed by atoms with Gasteiger partial charge in [0, 0.05) is 11.8 Å². The Morgan fingerprint density at radius 3 is 2.23 bits per heavy atom. The zero-order valence-corrected chi connectivity index (χ0v) is 22.2. The molecule has 0 amide bonds. The zero-order valence-electron chi connectivity index (χ0n) is 22.2. The summed E-state index contributed by atoms with van der Waals surface area (Å²) in [7, 11) is 0. The Morgan fingerprint density at radius 1 is 0.971 bits per heavy atom. The van der Waals surface area contributed by atoms with Crippen molar-refractivity contribution in [1.82, 2.24) is 0 Å². The van der Waals surface area contributed by atoms with E-state index in [0.717, 1.165) is 62.7 Å². The predicted octanol–water partition coefficient (Wildman–Crippen LogP) is 8.20. The molecule has 0 spiro atoms. The van der Waals surface area contributed by atoms with Crippen molar-refractivity contribution in [2.45, 2.75) is 96.5 Å². The number of hydrogen-bond acceptors (Lipinski definition) is 2. The molecule has 3 heteroatoms. The van der Waals surface area contributed by atoms with E-state index in [1.807, 2.05) is 6.08 Å². The highest BCUT2D eigenvalue weighted by Crippen LogP contribution is 2.41. The van der Waals surface area contributed by atoms with Crippen molar-refractivity contribution in [2.75, 3.05) is 13.2 Å². The number of nitrogens with zero attached hydrogens (tertiary/aromatic N) is 1. The number of ether oxygens (including phenoxy) is 1. The van der Waals surface area contributed by atoms with Gasteiger partial charge in [0.15, 0.2) is 0 Å². The molecule has 35 heavy (non-hydrogen) atoms. The molecule has 1 saturated carbocycles. The van der Waals surface area contributed by atoms with Crippen LogP contribution in [0.5, 0.6) is 5.75 Å². The van der Waals surface area contributed by atoms with Gasteiger partial charge in [0.1, 0.15) is 5.75 Å². The highest BCUT2D eigenvalue weighted by Gasteiger charge is 2.31.